The van der Waals surface area contributed by atoms with Gasteiger partial charge in [0.2, 0.25) is 5.91 Å². The Morgan fingerprint density at radius 3 is 2.37 bits per heavy atom. The lowest BCUT2D eigenvalue weighted by atomic mass is 10.1. The molecule has 1 fully saturated rings. The summed E-state index contributed by atoms with van der Waals surface area (Å²) in [5, 5.41) is 9.31. The molecule has 0 aliphatic carbocycles. The highest BCUT2D eigenvalue weighted by atomic mass is 19.4. The van der Waals surface area contributed by atoms with Crippen molar-refractivity contribution in [3.63, 3.8) is 0 Å². The van der Waals surface area contributed by atoms with Crippen molar-refractivity contribution in [2.24, 2.45) is 0 Å². The topological polar surface area (TPSA) is 40.5 Å². The molecule has 1 heterocycles. The maximum Gasteiger partial charge on any atom is 0.416 e. The van der Waals surface area contributed by atoms with Gasteiger partial charge in [0.05, 0.1) is 18.1 Å². The molecule has 19 heavy (non-hydrogen) atoms. The molecule has 1 aromatic rings. The Labute approximate surface area is 108 Å². The summed E-state index contributed by atoms with van der Waals surface area (Å²) in [5.41, 5.74) is 0.0612. The Balaban J connectivity index is 1.92. The van der Waals surface area contributed by atoms with Gasteiger partial charge < -0.3 is 10.0 Å². The molecule has 0 radical (unpaired) electrons. The number of hydrogen-bond acceptors (Lipinski definition) is 2. The van der Waals surface area contributed by atoms with Crippen LogP contribution < -0.4 is 0 Å². The number of β-amino-alcohol motifs (C(OH)–C–C–N with tert-alkyl or cyclic N) is 1. The molecule has 0 spiro atoms. The van der Waals surface area contributed by atoms with Crippen LogP contribution in [0.5, 0.6) is 0 Å². The number of amides is 1. The van der Waals surface area contributed by atoms with Gasteiger partial charge in [0.25, 0.3) is 0 Å². The van der Waals surface area contributed by atoms with Crippen molar-refractivity contribution in [2.75, 3.05) is 13.1 Å². The molecule has 1 atom stereocenters. The van der Waals surface area contributed by atoms with Gasteiger partial charge in [0, 0.05) is 13.1 Å². The summed E-state index contributed by atoms with van der Waals surface area (Å²) in [6.45, 7) is 0.723. The molecule has 0 aromatic heterocycles. The molecular formula is C13H14F3NO2. The van der Waals surface area contributed by atoms with Crippen LogP contribution in [0.3, 0.4) is 0 Å². The third kappa shape index (κ3) is 3.47. The van der Waals surface area contributed by atoms with Crippen LogP contribution in [0.4, 0.5) is 13.2 Å². The van der Waals surface area contributed by atoms with E-state index in [1.807, 2.05) is 0 Å². The summed E-state index contributed by atoms with van der Waals surface area (Å²) >= 11 is 0. The number of aliphatic hydroxyl groups excluding tert-OH is 1. The van der Waals surface area contributed by atoms with E-state index in [-0.39, 0.29) is 12.3 Å². The summed E-state index contributed by atoms with van der Waals surface area (Å²) in [4.78, 5) is 12.9. The molecule has 6 heteroatoms. The fourth-order valence-corrected chi connectivity index (χ4v) is 2.09. The van der Waals surface area contributed by atoms with Crippen LogP contribution in [0.2, 0.25) is 0 Å². The van der Waals surface area contributed by atoms with Crippen LogP contribution >= 0.6 is 0 Å². The summed E-state index contributed by atoms with van der Waals surface area (Å²) in [6, 6.07) is 4.91. The molecule has 0 saturated carbocycles. The minimum absolute atomic E-state index is 0.112. The molecule has 3 nitrogen and oxygen atoms in total. The second kappa shape index (κ2) is 5.21. The van der Waals surface area contributed by atoms with E-state index < -0.39 is 17.8 Å². The van der Waals surface area contributed by atoms with Crippen molar-refractivity contribution in [3.8, 4) is 0 Å². The predicted molar refractivity (Wildman–Crippen MR) is 62.4 cm³/mol. The van der Waals surface area contributed by atoms with Crippen molar-refractivity contribution >= 4 is 5.91 Å². The van der Waals surface area contributed by atoms with Gasteiger partial charge in [-0.1, -0.05) is 12.1 Å². The predicted octanol–water partition coefficient (Wildman–Crippen LogP) is 1.84. The van der Waals surface area contributed by atoms with E-state index in [0.717, 1.165) is 17.7 Å². The highest BCUT2D eigenvalue weighted by molar-refractivity contribution is 5.79. The van der Waals surface area contributed by atoms with Crippen molar-refractivity contribution < 1.29 is 23.1 Å². The largest absolute Gasteiger partial charge is 0.416 e. The van der Waals surface area contributed by atoms with Gasteiger partial charge in [0.1, 0.15) is 0 Å². The summed E-state index contributed by atoms with van der Waals surface area (Å²) in [7, 11) is 0. The Kier molecular flexibility index (Phi) is 3.80. The van der Waals surface area contributed by atoms with Gasteiger partial charge in [0.15, 0.2) is 0 Å². The minimum atomic E-state index is -4.33. The lowest BCUT2D eigenvalue weighted by Crippen LogP contribution is -2.28. The number of nitrogens with zero attached hydrogens (tertiary/aromatic N) is 1. The minimum Gasteiger partial charge on any atom is -0.391 e. The molecule has 1 aliphatic heterocycles. The third-order valence-electron chi connectivity index (χ3n) is 3.15. The first kappa shape index (κ1) is 13.9. The first-order valence-corrected chi connectivity index (χ1v) is 5.98. The van der Waals surface area contributed by atoms with E-state index in [1.54, 1.807) is 0 Å². The SMILES string of the molecule is O=C1CC(O)CN1CCc1ccc(C(F)(F)F)cc1. The number of carbonyl (C=O) groups excluding carboxylic acids is 1. The Morgan fingerprint density at radius 2 is 1.89 bits per heavy atom. The average molecular weight is 273 g/mol. The van der Waals surface area contributed by atoms with Gasteiger partial charge >= 0.3 is 6.18 Å². The quantitative estimate of drug-likeness (QED) is 0.913. The zero-order chi connectivity index (χ0) is 14.0. The summed E-state index contributed by atoms with van der Waals surface area (Å²) in [6.07, 6.45) is -4.34. The van der Waals surface area contributed by atoms with Crippen LogP contribution in [-0.4, -0.2) is 35.1 Å². The highest BCUT2D eigenvalue weighted by Gasteiger charge is 2.30. The van der Waals surface area contributed by atoms with Crippen molar-refractivity contribution in [3.05, 3.63) is 35.4 Å². The van der Waals surface area contributed by atoms with E-state index in [9.17, 15) is 23.1 Å². The fourth-order valence-electron chi connectivity index (χ4n) is 2.09. The van der Waals surface area contributed by atoms with Crippen LogP contribution in [0, 0.1) is 0 Å². The van der Waals surface area contributed by atoms with Crippen LogP contribution in [0.25, 0.3) is 0 Å². The molecule has 1 N–H and O–H groups in total. The molecule has 1 saturated heterocycles. The second-order valence-electron chi connectivity index (χ2n) is 4.64. The van der Waals surface area contributed by atoms with Gasteiger partial charge in [-0.15, -0.1) is 0 Å². The van der Waals surface area contributed by atoms with E-state index in [0.29, 0.717) is 19.5 Å². The van der Waals surface area contributed by atoms with Crippen LogP contribution in [0.15, 0.2) is 24.3 Å². The van der Waals surface area contributed by atoms with E-state index in [2.05, 4.69) is 0 Å². The zero-order valence-corrected chi connectivity index (χ0v) is 10.2. The standard InChI is InChI=1S/C13H14F3NO2/c14-13(15,16)10-3-1-9(2-4-10)5-6-17-8-11(18)7-12(17)19/h1-4,11,18H,5-8H2. The van der Waals surface area contributed by atoms with Gasteiger partial charge in [-0.2, -0.15) is 13.2 Å². The molecule has 2 rings (SSSR count). The second-order valence-corrected chi connectivity index (χ2v) is 4.64. The van der Waals surface area contributed by atoms with Gasteiger partial charge in [-0.3, -0.25) is 4.79 Å². The smallest absolute Gasteiger partial charge is 0.391 e. The average Bonchev–Trinajstić information content (AvgIpc) is 2.65. The van der Waals surface area contributed by atoms with Crippen molar-refractivity contribution in [1.29, 1.82) is 0 Å². The monoisotopic (exact) mass is 273 g/mol. The lowest BCUT2D eigenvalue weighted by Gasteiger charge is -2.15. The molecule has 1 aliphatic rings. The number of rotatable bonds is 3. The number of benzene rings is 1. The number of likely N-dealkylation sites (tertiary alicyclic amines) is 1. The van der Waals surface area contributed by atoms with Gasteiger partial charge in [-0.25, -0.2) is 0 Å². The first-order valence-electron chi connectivity index (χ1n) is 5.98. The van der Waals surface area contributed by atoms with Crippen LogP contribution in [0.1, 0.15) is 17.5 Å². The number of hydrogen-bond donors (Lipinski definition) is 1. The molecule has 1 unspecified atom stereocenters. The third-order valence-corrected chi connectivity index (χ3v) is 3.15. The van der Waals surface area contributed by atoms with E-state index in [1.165, 1.54) is 17.0 Å². The molecule has 104 valence electrons. The lowest BCUT2D eigenvalue weighted by molar-refractivity contribution is -0.137. The highest BCUT2D eigenvalue weighted by Crippen LogP contribution is 2.29. The van der Waals surface area contributed by atoms with Crippen molar-refractivity contribution in [1.82, 2.24) is 4.90 Å². The van der Waals surface area contributed by atoms with Crippen molar-refractivity contribution in [2.45, 2.75) is 25.1 Å². The summed E-state index contributed by atoms with van der Waals surface area (Å²) in [5.74, 6) is -0.112. The molecule has 1 amide bonds. The Morgan fingerprint density at radius 1 is 1.26 bits per heavy atom. The summed E-state index contributed by atoms with van der Waals surface area (Å²) < 4.78 is 37.1. The van der Waals surface area contributed by atoms with E-state index in [4.69, 9.17) is 0 Å². The number of aliphatic hydroxyl groups is 1. The Hall–Kier alpha value is -1.56. The molecule has 1 aromatic carbocycles. The van der Waals surface area contributed by atoms with E-state index >= 15 is 0 Å². The zero-order valence-electron chi connectivity index (χ0n) is 10.2. The first-order chi connectivity index (χ1) is 8.86. The molecule has 0 bridgehead atoms. The number of alkyl halides is 3. The molecular weight excluding hydrogens is 259 g/mol. The van der Waals surface area contributed by atoms with Gasteiger partial charge in [-0.05, 0) is 24.1 Å². The Bertz CT molecular complexity index is 456. The fraction of sp³-hybridized carbons (Fsp3) is 0.462. The maximum absolute atomic E-state index is 12.4. The number of halogens is 3. The normalized spacial score (nSPS) is 20.1. The number of carbonyl (C=O) groups is 1. The van der Waals surface area contributed by atoms with Crippen LogP contribution in [-0.2, 0) is 17.4 Å². The maximum atomic E-state index is 12.4.